The van der Waals surface area contributed by atoms with E-state index in [9.17, 15) is 9.59 Å². The van der Waals surface area contributed by atoms with Crippen LogP contribution in [0.15, 0.2) is 24.5 Å². The molecule has 5 heteroatoms. The van der Waals surface area contributed by atoms with Gasteiger partial charge >= 0.3 is 0 Å². The molecule has 1 aromatic rings. The van der Waals surface area contributed by atoms with Crippen molar-refractivity contribution in [3.05, 3.63) is 30.1 Å². The van der Waals surface area contributed by atoms with Crippen molar-refractivity contribution in [2.45, 2.75) is 18.9 Å². The third-order valence-electron chi connectivity index (χ3n) is 2.93. The SMILES string of the molecule is NC(C(=O)c1ccncc1)C(=O)N1CCCC1. The highest BCUT2D eigenvalue weighted by Crippen LogP contribution is 2.10. The van der Waals surface area contributed by atoms with Gasteiger partial charge in [0.05, 0.1) is 0 Å². The predicted octanol–water partition coefficient (Wildman–Crippen LogP) is 0.214. The molecule has 1 amide bonds. The second kappa shape index (κ2) is 5.05. The fourth-order valence-electron chi connectivity index (χ4n) is 1.94. The van der Waals surface area contributed by atoms with E-state index in [0.717, 1.165) is 12.8 Å². The molecule has 0 radical (unpaired) electrons. The number of pyridine rings is 1. The van der Waals surface area contributed by atoms with Crippen LogP contribution in [0.2, 0.25) is 0 Å². The number of likely N-dealkylation sites (tertiary alicyclic amines) is 1. The van der Waals surface area contributed by atoms with Gasteiger partial charge in [-0.2, -0.15) is 0 Å². The highest BCUT2D eigenvalue weighted by atomic mass is 16.2. The average Bonchev–Trinajstić information content (AvgIpc) is 2.91. The van der Waals surface area contributed by atoms with Crippen LogP contribution in [0.1, 0.15) is 23.2 Å². The van der Waals surface area contributed by atoms with E-state index in [1.165, 1.54) is 12.4 Å². The van der Waals surface area contributed by atoms with Crippen molar-refractivity contribution in [1.82, 2.24) is 9.88 Å². The zero-order valence-corrected chi connectivity index (χ0v) is 9.50. The summed E-state index contributed by atoms with van der Waals surface area (Å²) in [5, 5.41) is 0. The molecule has 2 rings (SSSR count). The van der Waals surface area contributed by atoms with Gasteiger partial charge in [-0.05, 0) is 25.0 Å². The molecule has 17 heavy (non-hydrogen) atoms. The van der Waals surface area contributed by atoms with E-state index in [1.807, 2.05) is 0 Å². The van der Waals surface area contributed by atoms with Crippen LogP contribution in [0.4, 0.5) is 0 Å². The number of nitrogens with two attached hydrogens (primary N) is 1. The number of rotatable bonds is 3. The van der Waals surface area contributed by atoms with Crippen molar-refractivity contribution in [3.63, 3.8) is 0 Å². The molecule has 90 valence electrons. The highest BCUT2D eigenvalue weighted by molar-refractivity contribution is 6.13. The molecule has 0 saturated carbocycles. The summed E-state index contributed by atoms with van der Waals surface area (Å²) in [6.45, 7) is 1.41. The van der Waals surface area contributed by atoms with Crippen LogP contribution in [0.3, 0.4) is 0 Å². The van der Waals surface area contributed by atoms with Crippen LogP contribution < -0.4 is 5.73 Å². The van der Waals surface area contributed by atoms with E-state index >= 15 is 0 Å². The molecule has 0 spiro atoms. The van der Waals surface area contributed by atoms with Crippen molar-refractivity contribution in [2.24, 2.45) is 5.73 Å². The zero-order chi connectivity index (χ0) is 12.3. The Morgan fingerprint density at radius 3 is 2.41 bits per heavy atom. The molecule has 1 aliphatic rings. The van der Waals surface area contributed by atoms with Gasteiger partial charge < -0.3 is 10.6 Å². The van der Waals surface area contributed by atoms with Crippen LogP contribution in [-0.2, 0) is 4.79 Å². The first-order valence-electron chi connectivity index (χ1n) is 5.69. The Bertz CT molecular complexity index is 413. The van der Waals surface area contributed by atoms with Crippen molar-refractivity contribution < 1.29 is 9.59 Å². The molecule has 1 aromatic heterocycles. The van der Waals surface area contributed by atoms with E-state index in [0.29, 0.717) is 18.7 Å². The lowest BCUT2D eigenvalue weighted by molar-refractivity contribution is -0.130. The van der Waals surface area contributed by atoms with Gasteiger partial charge in [0, 0.05) is 31.0 Å². The first kappa shape index (κ1) is 11.7. The highest BCUT2D eigenvalue weighted by Gasteiger charge is 2.29. The minimum atomic E-state index is -1.09. The number of aromatic nitrogens is 1. The number of carbonyl (C=O) groups is 2. The van der Waals surface area contributed by atoms with Gasteiger partial charge in [-0.1, -0.05) is 0 Å². The Kier molecular flexibility index (Phi) is 3.49. The van der Waals surface area contributed by atoms with Gasteiger partial charge in [0.1, 0.15) is 6.04 Å². The van der Waals surface area contributed by atoms with E-state index in [4.69, 9.17) is 5.73 Å². The number of nitrogens with zero attached hydrogens (tertiary/aromatic N) is 2. The molecule has 1 atom stereocenters. The molecule has 1 aliphatic heterocycles. The summed E-state index contributed by atoms with van der Waals surface area (Å²) >= 11 is 0. The summed E-state index contributed by atoms with van der Waals surface area (Å²) < 4.78 is 0. The van der Waals surface area contributed by atoms with Crippen LogP contribution in [-0.4, -0.2) is 40.7 Å². The predicted molar refractivity (Wildman–Crippen MR) is 62.4 cm³/mol. The topological polar surface area (TPSA) is 76.3 Å². The Balaban J connectivity index is 2.07. The number of Topliss-reactive ketones (excluding diaryl/α,β-unsaturated/α-hetero) is 1. The molecule has 0 aromatic carbocycles. The molecule has 0 bridgehead atoms. The fourth-order valence-corrected chi connectivity index (χ4v) is 1.94. The van der Waals surface area contributed by atoms with Gasteiger partial charge in [-0.3, -0.25) is 14.6 Å². The molecule has 1 unspecified atom stereocenters. The molecule has 5 nitrogen and oxygen atoms in total. The molecule has 1 fully saturated rings. The number of hydrogen-bond donors (Lipinski definition) is 1. The standard InChI is InChI=1S/C12H15N3O2/c13-10(12(17)15-7-1-2-8-15)11(16)9-3-5-14-6-4-9/h3-6,10H,1-2,7-8,13H2. The molecular weight excluding hydrogens is 218 g/mol. The maximum Gasteiger partial charge on any atom is 0.247 e. The fraction of sp³-hybridized carbons (Fsp3) is 0.417. The lowest BCUT2D eigenvalue weighted by Crippen LogP contribution is -2.47. The number of hydrogen-bond acceptors (Lipinski definition) is 4. The first-order valence-corrected chi connectivity index (χ1v) is 5.69. The Hall–Kier alpha value is -1.75. The van der Waals surface area contributed by atoms with Crippen molar-refractivity contribution in [1.29, 1.82) is 0 Å². The van der Waals surface area contributed by atoms with Crippen LogP contribution >= 0.6 is 0 Å². The maximum absolute atomic E-state index is 11.9. The molecule has 2 heterocycles. The third-order valence-corrected chi connectivity index (χ3v) is 2.93. The normalized spacial score (nSPS) is 16.9. The first-order chi connectivity index (χ1) is 8.20. The summed E-state index contributed by atoms with van der Waals surface area (Å²) in [5.41, 5.74) is 6.14. The number of ketones is 1. The third kappa shape index (κ3) is 2.50. The van der Waals surface area contributed by atoms with E-state index in [2.05, 4.69) is 4.98 Å². The second-order valence-corrected chi connectivity index (χ2v) is 4.11. The van der Waals surface area contributed by atoms with Gasteiger partial charge in [-0.25, -0.2) is 0 Å². The minimum absolute atomic E-state index is 0.274. The summed E-state index contributed by atoms with van der Waals surface area (Å²) in [5.74, 6) is -0.617. The molecule has 1 saturated heterocycles. The quantitative estimate of drug-likeness (QED) is 0.598. The van der Waals surface area contributed by atoms with E-state index in [-0.39, 0.29) is 11.7 Å². The Morgan fingerprint density at radius 1 is 1.24 bits per heavy atom. The second-order valence-electron chi connectivity index (χ2n) is 4.11. The van der Waals surface area contributed by atoms with Crippen LogP contribution in [0.25, 0.3) is 0 Å². The smallest absolute Gasteiger partial charge is 0.247 e. The van der Waals surface area contributed by atoms with E-state index in [1.54, 1.807) is 17.0 Å². The summed E-state index contributed by atoms with van der Waals surface area (Å²) in [6.07, 6.45) is 5.00. The largest absolute Gasteiger partial charge is 0.341 e. The van der Waals surface area contributed by atoms with Crippen molar-refractivity contribution in [2.75, 3.05) is 13.1 Å². The van der Waals surface area contributed by atoms with E-state index < -0.39 is 6.04 Å². The molecule has 0 aliphatic carbocycles. The minimum Gasteiger partial charge on any atom is -0.341 e. The summed E-state index contributed by atoms with van der Waals surface area (Å²) in [6, 6.07) is 2.05. The average molecular weight is 233 g/mol. The monoisotopic (exact) mass is 233 g/mol. The van der Waals surface area contributed by atoms with Crippen molar-refractivity contribution in [3.8, 4) is 0 Å². The summed E-state index contributed by atoms with van der Waals surface area (Å²) in [7, 11) is 0. The Labute approximate surface area is 99.6 Å². The van der Waals surface area contributed by atoms with Crippen molar-refractivity contribution >= 4 is 11.7 Å². The number of amides is 1. The van der Waals surface area contributed by atoms with Gasteiger partial charge in [0.25, 0.3) is 0 Å². The molecule has 2 N–H and O–H groups in total. The number of carbonyl (C=O) groups excluding carboxylic acids is 2. The lowest BCUT2D eigenvalue weighted by atomic mass is 10.1. The maximum atomic E-state index is 11.9. The van der Waals surface area contributed by atoms with Crippen LogP contribution in [0.5, 0.6) is 0 Å². The van der Waals surface area contributed by atoms with Gasteiger partial charge in [-0.15, -0.1) is 0 Å². The lowest BCUT2D eigenvalue weighted by Gasteiger charge is -2.19. The van der Waals surface area contributed by atoms with Gasteiger partial charge in [0.2, 0.25) is 5.91 Å². The Morgan fingerprint density at radius 2 is 1.82 bits per heavy atom. The summed E-state index contributed by atoms with van der Waals surface area (Å²) in [4.78, 5) is 29.3. The van der Waals surface area contributed by atoms with Crippen LogP contribution in [0, 0.1) is 0 Å². The molecular formula is C12H15N3O2. The zero-order valence-electron chi connectivity index (χ0n) is 9.50. The van der Waals surface area contributed by atoms with Gasteiger partial charge in [0.15, 0.2) is 5.78 Å².